The van der Waals surface area contributed by atoms with Gasteiger partial charge in [-0.15, -0.1) is 0 Å². The third-order valence-electron chi connectivity index (χ3n) is 3.63. The van der Waals surface area contributed by atoms with Crippen molar-refractivity contribution in [3.8, 4) is 5.75 Å². The lowest BCUT2D eigenvalue weighted by Crippen LogP contribution is -2.31. The minimum atomic E-state index is -0.0392. The summed E-state index contributed by atoms with van der Waals surface area (Å²) in [5, 5.41) is 6.52. The molecule has 1 N–H and O–H groups in total. The van der Waals surface area contributed by atoms with E-state index < -0.39 is 0 Å². The van der Waals surface area contributed by atoms with Crippen LogP contribution < -0.4 is 9.64 Å². The van der Waals surface area contributed by atoms with E-state index in [1.54, 1.807) is 23.4 Å². The molecule has 0 saturated carbocycles. The van der Waals surface area contributed by atoms with E-state index in [1.807, 2.05) is 31.1 Å². The van der Waals surface area contributed by atoms with E-state index in [0.29, 0.717) is 18.8 Å². The molecule has 0 bridgehead atoms. The third kappa shape index (κ3) is 2.88. The average Bonchev–Trinajstić information content (AvgIpc) is 3.18. The number of hydrogen-bond acceptors (Lipinski definition) is 5. The van der Waals surface area contributed by atoms with Gasteiger partial charge in [0.15, 0.2) is 11.6 Å². The van der Waals surface area contributed by atoms with Gasteiger partial charge in [-0.2, -0.15) is 5.10 Å². The number of rotatable bonds is 4. The SMILES string of the molecule is CN(C)c1ncccc1O[C@@H]1CCN(C(=O)c2ccn[nH]2)C1. The minimum Gasteiger partial charge on any atom is -0.485 e. The second-order valence-corrected chi connectivity index (χ2v) is 5.47. The van der Waals surface area contributed by atoms with Crippen LogP contribution in [-0.4, -0.2) is 59.3 Å². The van der Waals surface area contributed by atoms with E-state index in [1.165, 1.54) is 0 Å². The lowest BCUT2D eigenvalue weighted by Gasteiger charge is -2.20. The van der Waals surface area contributed by atoms with Gasteiger partial charge in [-0.1, -0.05) is 0 Å². The normalized spacial score (nSPS) is 17.5. The van der Waals surface area contributed by atoms with Crippen LogP contribution in [0.25, 0.3) is 0 Å². The molecule has 1 aliphatic heterocycles. The molecule has 2 aromatic rings. The monoisotopic (exact) mass is 301 g/mol. The van der Waals surface area contributed by atoms with Crippen molar-refractivity contribution in [3.05, 3.63) is 36.3 Å². The fourth-order valence-electron chi connectivity index (χ4n) is 2.54. The molecule has 1 fully saturated rings. The number of carbonyl (C=O) groups excluding carboxylic acids is 1. The Morgan fingerprint density at radius 3 is 3.00 bits per heavy atom. The van der Waals surface area contributed by atoms with Gasteiger partial charge in [0.1, 0.15) is 11.8 Å². The molecule has 3 heterocycles. The molecule has 7 heteroatoms. The Hall–Kier alpha value is -2.57. The number of nitrogens with one attached hydrogen (secondary N) is 1. The Morgan fingerprint density at radius 2 is 2.27 bits per heavy atom. The molecular formula is C15H19N5O2. The first-order valence-electron chi connectivity index (χ1n) is 7.23. The Kier molecular flexibility index (Phi) is 3.95. The number of hydrogen-bond donors (Lipinski definition) is 1. The Morgan fingerprint density at radius 1 is 1.41 bits per heavy atom. The van der Waals surface area contributed by atoms with Crippen molar-refractivity contribution in [1.29, 1.82) is 0 Å². The number of amides is 1. The van der Waals surface area contributed by atoms with Crippen molar-refractivity contribution in [3.63, 3.8) is 0 Å². The molecular weight excluding hydrogens is 282 g/mol. The van der Waals surface area contributed by atoms with E-state index in [0.717, 1.165) is 18.0 Å². The van der Waals surface area contributed by atoms with Crippen LogP contribution in [0.2, 0.25) is 0 Å². The summed E-state index contributed by atoms with van der Waals surface area (Å²) in [5.41, 5.74) is 0.510. The summed E-state index contributed by atoms with van der Waals surface area (Å²) < 4.78 is 6.04. The Labute approximate surface area is 128 Å². The fraction of sp³-hybridized carbons (Fsp3) is 0.400. The molecule has 3 rings (SSSR count). The molecule has 7 nitrogen and oxygen atoms in total. The number of anilines is 1. The average molecular weight is 301 g/mol. The second-order valence-electron chi connectivity index (χ2n) is 5.47. The highest BCUT2D eigenvalue weighted by atomic mass is 16.5. The van der Waals surface area contributed by atoms with E-state index in [-0.39, 0.29) is 12.0 Å². The summed E-state index contributed by atoms with van der Waals surface area (Å²) in [6.45, 7) is 1.25. The zero-order valence-corrected chi connectivity index (χ0v) is 12.7. The molecule has 2 aromatic heterocycles. The van der Waals surface area contributed by atoms with Gasteiger partial charge in [0.25, 0.3) is 5.91 Å². The maximum absolute atomic E-state index is 12.3. The van der Waals surface area contributed by atoms with Crippen LogP contribution in [0.4, 0.5) is 5.82 Å². The Balaban J connectivity index is 1.65. The number of nitrogens with zero attached hydrogens (tertiary/aromatic N) is 4. The number of likely N-dealkylation sites (tertiary alicyclic amines) is 1. The molecule has 1 atom stereocenters. The number of H-pyrrole nitrogens is 1. The van der Waals surface area contributed by atoms with Crippen molar-refractivity contribution in [2.45, 2.75) is 12.5 Å². The van der Waals surface area contributed by atoms with Gasteiger partial charge in [0.2, 0.25) is 0 Å². The summed E-state index contributed by atoms with van der Waals surface area (Å²) in [4.78, 5) is 20.3. The number of ether oxygens (including phenoxy) is 1. The van der Waals surface area contributed by atoms with E-state index in [9.17, 15) is 4.79 Å². The summed E-state index contributed by atoms with van der Waals surface area (Å²) in [5.74, 6) is 1.50. The summed E-state index contributed by atoms with van der Waals surface area (Å²) in [7, 11) is 3.86. The third-order valence-corrected chi connectivity index (χ3v) is 3.63. The van der Waals surface area contributed by atoms with E-state index in [4.69, 9.17) is 4.74 Å². The molecule has 1 amide bonds. The summed E-state index contributed by atoms with van der Waals surface area (Å²) in [6.07, 6.45) is 4.11. The lowest BCUT2D eigenvalue weighted by molar-refractivity contribution is 0.0766. The van der Waals surface area contributed by atoms with Crippen LogP contribution in [0.1, 0.15) is 16.9 Å². The van der Waals surface area contributed by atoms with Crippen LogP contribution in [-0.2, 0) is 0 Å². The van der Waals surface area contributed by atoms with Crippen molar-refractivity contribution < 1.29 is 9.53 Å². The van der Waals surface area contributed by atoms with Crippen LogP contribution in [0.5, 0.6) is 5.75 Å². The highest BCUT2D eigenvalue weighted by molar-refractivity contribution is 5.92. The predicted molar refractivity (Wildman–Crippen MR) is 82.1 cm³/mol. The van der Waals surface area contributed by atoms with Gasteiger partial charge in [-0.3, -0.25) is 9.89 Å². The first-order chi connectivity index (χ1) is 10.6. The number of aromatic nitrogens is 3. The maximum Gasteiger partial charge on any atom is 0.271 e. The Bertz CT molecular complexity index is 641. The molecule has 116 valence electrons. The van der Waals surface area contributed by atoms with Crippen molar-refractivity contribution >= 4 is 11.7 Å². The molecule has 0 aliphatic carbocycles. The zero-order valence-electron chi connectivity index (χ0n) is 12.7. The van der Waals surface area contributed by atoms with Gasteiger partial charge in [-0.05, 0) is 18.2 Å². The van der Waals surface area contributed by atoms with Gasteiger partial charge in [0, 0.05) is 39.5 Å². The highest BCUT2D eigenvalue weighted by Gasteiger charge is 2.29. The fourth-order valence-corrected chi connectivity index (χ4v) is 2.54. The number of aromatic amines is 1. The first-order valence-corrected chi connectivity index (χ1v) is 7.23. The summed E-state index contributed by atoms with van der Waals surface area (Å²) in [6, 6.07) is 5.44. The summed E-state index contributed by atoms with van der Waals surface area (Å²) >= 11 is 0. The molecule has 1 saturated heterocycles. The van der Waals surface area contributed by atoms with E-state index in [2.05, 4.69) is 15.2 Å². The van der Waals surface area contributed by atoms with Gasteiger partial charge >= 0.3 is 0 Å². The standard InChI is InChI=1S/C15H19N5O2/c1-19(2)14-13(4-3-7-16-14)22-11-6-9-20(10-11)15(21)12-5-8-17-18-12/h3-5,7-8,11H,6,9-10H2,1-2H3,(H,17,18)/t11-/m1/s1. The van der Waals surface area contributed by atoms with Gasteiger partial charge in [-0.25, -0.2) is 4.98 Å². The largest absolute Gasteiger partial charge is 0.485 e. The molecule has 0 spiro atoms. The van der Waals surface area contributed by atoms with Crippen LogP contribution in [0.3, 0.4) is 0 Å². The molecule has 0 radical (unpaired) electrons. The van der Waals surface area contributed by atoms with Crippen LogP contribution >= 0.6 is 0 Å². The van der Waals surface area contributed by atoms with Gasteiger partial charge in [0.05, 0.1) is 6.54 Å². The van der Waals surface area contributed by atoms with Crippen LogP contribution in [0, 0.1) is 0 Å². The molecule has 1 aliphatic rings. The van der Waals surface area contributed by atoms with Crippen molar-refractivity contribution in [1.82, 2.24) is 20.1 Å². The van der Waals surface area contributed by atoms with E-state index >= 15 is 0 Å². The first kappa shape index (κ1) is 14.4. The molecule has 22 heavy (non-hydrogen) atoms. The predicted octanol–water partition coefficient (Wildman–Crippen LogP) is 1.16. The zero-order chi connectivity index (χ0) is 15.5. The lowest BCUT2D eigenvalue weighted by atomic mass is 10.3. The van der Waals surface area contributed by atoms with Crippen molar-refractivity contribution in [2.75, 3.05) is 32.1 Å². The highest BCUT2D eigenvalue weighted by Crippen LogP contribution is 2.26. The van der Waals surface area contributed by atoms with Gasteiger partial charge < -0.3 is 14.5 Å². The second kappa shape index (κ2) is 6.05. The maximum atomic E-state index is 12.3. The minimum absolute atomic E-state index is 0.0187. The number of carbonyl (C=O) groups is 1. The smallest absolute Gasteiger partial charge is 0.271 e. The molecule has 0 aromatic carbocycles. The van der Waals surface area contributed by atoms with Crippen LogP contribution in [0.15, 0.2) is 30.6 Å². The quantitative estimate of drug-likeness (QED) is 0.917. The topological polar surface area (TPSA) is 74.3 Å². The molecule has 0 unspecified atom stereocenters. The van der Waals surface area contributed by atoms with Crippen molar-refractivity contribution in [2.24, 2.45) is 0 Å². The number of pyridine rings is 1.